The number of H-pyrrole nitrogens is 1. The normalized spacial score (nSPS) is 11.3. The Kier molecular flexibility index (Phi) is 2.50. The molecule has 0 aliphatic carbocycles. The van der Waals surface area contributed by atoms with Crippen LogP contribution in [-0.2, 0) is 0 Å². The van der Waals surface area contributed by atoms with Crippen LogP contribution in [0.2, 0.25) is 0 Å². The summed E-state index contributed by atoms with van der Waals surface area (Å²) in [5, 5.41) is 24.1. The molecular weight excluding hydrogens is 310 g/mol. The molecule has 1 N–H and O–H groups in total. The summed E-state index contributed by atoms with van der Waals surface area (Å²) in [4.78, 5) is 27.6. The molecule has 10 nitrogen and oxygen atoms in total. The van der Waals surface area contributed by atoms with Gasteiger partial charge in [-0.1, -0.05) is 11.3 Å². The van der Waals surface area contributed by atoms with Crippen LogP contribution in [0.25, 0.3) is 26.6 Å². The molecule has 4 rings (SSSR count). The van der Waals surface area contributed by atoms with E-state index in [1.165, 1.54) is 40.1 Å². The van der Waals surface area contributed by atoms with Gasteiger partial charge in [0.05, 0.1) is 15.1 Å². The molecule has 0 radical (unpaired) electrons. The van der Waals surface area contributed by atoms with E-state index in [1.807, 2.05) is 0 Å². The molecule has 108 valence electrons. The Bertz CT molecular complexity index is 1080. The largest absolute Gasteiger partial charge is 0.270 e. The fourth-order valence-corrected chi connectivity index (χ4v) is 3.15. The lowest BCUT2D eigenvalue weighted by molar-refractivity contribution is -0.384. The molecule has 0 unspecified atom stereocenters. The summed E-state index contributed by atoms with van der Waals surface area (Å²) in [6.07, 6.45) is 1.37. The van der Waals surface area contributed by atoms with Crippen molar-refractivity contribution < 1.29 is 4.92 Å². The van der Waals surface area contributed by atoms with E-state index in [2.05, 4.69) is 25.6 Å². The van der Waals surface area contributed by atoms with E-state index in [1.54, 1.807) is 0 Å². The first-order valence-electron chi connectivity index (χ1n) is 5.97. The van der Waals surface area contributed by atoms with Gasteiger partial charge < -0.3 is 0 Å². The minimum absolute atomic E-state index is 0.0366. The third-order valence-electron chi connectivity index (χ3n) is 3.11. The lowest BCUT2D eigenvalue weighted by Gasteiger charge is -1.97. The minimum atomic E-state index is -0.481. The Balaban J connectivity index is 2.07. The molecule has 11 heteroatoms. The summed E-state index contributed by atoms with van der Waals surface area (Å²) < 4.78 is 1.99. The zero-order valence-electron chi connectivity index (χ0n) is 10.6. The number of thiazole rings is 1. The van der Waals surface area contributed by atoms with Crippen molar-refractivity contribution in [3.63, 3.8) is 0 Å². The van der Waals surface area contributed by atoms with Crippen molar-refractivity contribution in [3.8, 4) is 11.4 Å². The number of non-ortho nitro benzene ring substituents is 1. The van der Waals surface area contributed by atoms with Gasteiger partial charge >= 0.3 is 0 Å². The number of fused-ring (bicyclic) bond motifs is 3. The quantitative estimate of drug-likeness (QED) is 0.431. The Morgan fingerprint density at radius 1 is 1.36 bits per heavy atom. The van der Waals surface area contributed by atoms with Crippen molar-refractivity contribution in [1.29, 1.82) is 0 Å². The number of nitro benzene ring substituents is 1. The third kappa shape index (κ3) is 1.69. The van der Waals surface area contributed by atoms with Gasteiger partial charge in [-0.2, -0.15) is 5.21 Å². The maximum atomic E-state index is 12.6. The van der Waals surface area contributed by atoms with Crippen LogP contribution in [0.3, 0.4) is 0 Å². The van der Waals surface area contributed by atoms with Crippen molar-refractivity contribution in [3.05, 3.63) is 44.9 Å². The molecule has 4 aromatic rings. The van der Waals surface area contributed by atoms with Gasteiger partial charge in [0, 0.05) is 18.3 Å². The van der Waals surface area contributed by atoms with Crippen LogP contribution >= 0.6 is 11.3 Å². The summed E-state index contributed by atoms with van der Waals surface area (Å²) in [6, 6.07) is 4.30. The first-order valence-corrected chi connectivity index (χ1v) is 6.79. The maximum absolute atomic E-state index is 12.6. The number of hydrogen-bond donors (Lipinski definition) is 1. The van der Waals surface area contributed by atoms with Crippen LogP contribution < -0.4 is 5.56 Å². The second kappa shape index (κ2) is 4.39. The van der Waals surface area contributed by atoms with Gasteiger partial charge in [0.15, 0.2) is 4.96 Å². The highest BCUT2D eigenvalue weighted by Gasteiger charge is 2.16. The van der Waals surface area contributed by atoms with Gasteiger partial charge in [0.25, 0.3) is 11.2 Å². The molecule has 0 saturated heterocycles. The van der Waals surface area contributed by atoms with Crippen LogP contribution in [0.4, 0.5) is 5.69 Å². The average molecular weight is 315 g/mol. The predicted molar refractivity (Wildman–Crippen MR) is 76.7 cm³/mol. The second-order valence-electron chi connectivity index (χ2n) is 4.34. The van der Waals surface area contributed by atoms with Crippen molar-refractivity contribution in [2.24, 2.45) is 0 Å². The zero-order valence-corrected chi connectivity index (χ0v) is 11.4. The van der Waals surface area contributed by atoms with Crippen molar-refractivity contribution in [2.45, 2.75) is 0 Å². The van der Waals surface area contributed by atoms with E-state index in [9.17, 15) is 14.9 Å². The van der Waals surface area contributed by atoms with Gasteiger partial charge in [-0.25, -0.2) is 4.98 Å². The van der Waals surface area contributed by atoms with E-state index >= 15 is 0 Å². The molecule has 0 aliphatic rings. The molecule has 0 bridgehead atoms. The number of aromatic amines is 1. The first-order chi connectivity index (χ1) is 10.6. The lowest BCUT2D eigenvalue weighted by atomic mass is 10.3. The van der Waals surface area contributed by atoms with Crippen LogP contribution in [0, 0.1) is 10.1 Å². The van der Waals surface area contributed by atoms with E-state index < -0.39 is 4.92 Å². The molecule has 0 fully saturated rings. The number of aromatic nitrogens is 6. The maximum Gasteiger partial charge on any atom is 0.270 e. The van der Waals surface area contributed by atoms with Crippen molar-refractivity contribution >= 4 is 32.2 Å². The number of nitrogens with zero attached hydrogens (tertiary/aromatic N) is 6. The topological polar surface area (TPSA) is 132 Å². The van der Waals surface area contributed by atoms with Crippen LogP contribution in [-0.4, -0.2) is 34.9 Å². The van der Waals surface area contributed by atoms with Crippen LogP contribution in [0.15, 0.2) is 29.2 Å². The Morgan fingerprint density at radius 2 is 2.23 bits per heavy atom. The van der Waals surface area contributed by atoms with E-state index in [0.717, 1.165) is 0 Å². The zero-order chi connectivity index (χ0) is 15.3. The van der Waals surface area contributed by atoms with Gasteiger partial charge in [-0.3, -0.25) is 19.3 Å². The number of nitro groups is 1. The molecule has 3 aromatic heterocycles. The summed E-state index contributed by atoms with van der Waals surface area (Å²) in [6.45, 7) is 0. The molecule has 0 aliphatic heterocycles. The molecule has 0 atom stereocenters. The molecular formula is C11H5N7O3S. The summed E-state index contributed by atoms with van der Waals surface area (Å²) in [5.41, 5.74) is 0.356. The number of rotatable bonds is 2. The van der Waals surface area contributed by atoms with E-state index in [0.29, 0.717) is 15.2 Å². The van der Waals surface area contributed by atoms with Crippen molar-refractivity contribution in [2.75, 3.05) is 0 Å². The molecule has 22 heavy (non-hydrogen) atoms. The fraction of sp³-hybridized carbons (Fsp3) is 0. The third-order valence-corrected chi connectivity index (χ3v) is 4.13. The van der Waals surface area contributed by atoms with Gasteiger partial charge in [0.1, 0.15) is 5.56 Å². The highest BCUT2D eigenvalue weighted by atomic mass is 32.1. The molecule has 1 aromatic carbocycles. The monoisotopic (exact) mass is 315 g/mol. The second-order valence-corrected chi connectivity index (χ2v) is 5.35. The highest BCUT2D eigenvalue weighted by molar-refractivity contribution is 7.23. The van der Waals surface area contributed by atoms with Gasteiger partial charge in [-0.15, -0.1) is 10.2 Å². The molecule has 3 heterocycles. The molecule has 0 spiro atoms. The number of nitrogens with one attached hydrogen (secondary N) is 1. The first kappa shape index (κ1) is 12.5. The van der Waals surface area contributed by atoms with E-state index in [4.69, 9.17) is 0 Å². The summed E-state index contributed by atoms with van der Waals surface area (Å²) in [7, 11) is 0. The van der Waals surface area contributed by atoms with Crippen LogP contribution in [0.5, 0.6) is 0 Å². The molecule has 0 saturated carbocycles. The summed E-state index contributed by atoms with van der Waals surface area (Å²) in [5.74, 6) is 0.146. The Hall–Kier alpha value is -3.21. The van der Waals surface area contributed by atoms with Gasteiger partial charge in [-0.05, 0) is 11.3 Å². The highest BCUT2D eigenvalue weighted by Crippen LogP contribution is 2.28. The predicted octanol–water partition coefficient (Wildman–Crippen LogP) is 0.997. The molecule has 0 amide bonds. The lowest BCUT2D eigenvalue weighted by Crippen LogP contribution is -2.15. The van der Waals surface area contributed by atoms with Crippen molar-refractivity contribution in [1.82, 2.24) is 30.0 Å². The smallest absolute Gasteiger partial charge is 0.268 e. The Labute approximate surface area is 124 Å². The number of benzene rings is 1. The minimum Gasteiger partial charge on any atom is -0.268 e. The number of tetrazole rings is 1. The van der Waals surface area contributed by atoms with Crippen LogP contribution in [0.1, 0.15) is 0 Å². The number of hydrogen-bond acceptors (Lipinski definition) is 8. The standard InChI is InChI=1S/C11H5N7O3S/c19-10-6(9-13-15-16-14-9)4-12-11-17(10)7-2-1-5(18(20)21)3-8(7)22-11/h1-4H,(H,13,14,15,16). The Morgan fingerprint density at radius 3 is 2.95 bits per heavy atom. The average Bonchev–Trinajstić information content (AvgIpc) is 3.13. The van der Waals surface area contributed by atoms with Gasteiger partial charge in [0.2, 0.25) is 5.82 Å². The SMILES string of the molecule is O=c1c(-c2nn[nH]n2)cnc2sc3cc([N+](=O)[O-])ccc3n12. The summed E-state index contributed by atoms with van der Waals surface area (Å²) >= 11 is 1.20. The fourth-order valence-electron chi connectivity index (χ4n) is 2.13. The van der Waals surface area contributed by atoms with E-state index in [-0.39, 0.29) is 22.6 Å².